The smallest absolute Gasteiger partial charge is 0.239 e. The summed E-state index contributed by atoms with van der Waals surface area (Å²) in [6, 6.07) is 0. The Kier molecular flexibility index (Phi) is 15.0. The first-order valence-corrected chi connectivity index (χ1v) is 17.0. The molecule has 0 saturated carbocycles. The number of unbranched alkanes of at least 4 members (excludes halogenated alkanes) is 2. The van der Waals surface area contributed by atoms with Crippen molar-refractivity contribution in [2.24, 2.45) is 23.3 Å². The van der Waals surface area contributed by atoms with Crippen LogP contribution >= 0.6 is 43.2 Å². The maximum absolute atomic E-state index is 12.6. The number of nitrogens with two attached hydrogens (primary N) is 2. The van der Waals surface area contributed by atoms with Gasteiger partial charge in [0.2, 0.25) is 29.5 Å². The van der Waals surface area contributed by atoms with Gasteiger partial charge in [-0.15, -0.1) is 0 Å². The normalized spacial score (nSPS) is 16.5. The summed E-state index contributed by atoms with van der Waals surface area (Å²) in [5, 5.41) is 8.48. The molecule has 0 radical (unpaired) electrons. The number of rotatable bonds is 21. The summed E-state index contributed by atoms with van der Waals surface area (Å²) in [5.41, 5.74) is 10.9. The molecule has 5 amide bonds. The number of nitrogens with zero attached hydrogens (tertiary/aromatic N) is 1. The number of hydrogen-bond acceptors (Lipinski definition) is 10. The van der Waals surface area contributed by atoms with Crippen molar-refractivity contribution in [3.8, 4) is 0 Å². The van der Waals surface area contributed by atoms with Gasteiger partial charge >= 0.3 is 0 Å². The van der Waals surface area contributed by atoms with Crippen LogP contribution < -0.4 is 27.4 Å². The van der Waals surface area contributed by atoms with E-state index >= 15 is 0 Å². The molecule has 2 saturated heterocycles. The molecule has 0 aromatic heterocycles. The molecule has 2 aliphatic heterocycles. The molecule has 11 nitrogen and oxygen atoms in total. The first kappa shape index (κ1) is 31.9. The SMILES string of the molecule is CNCCC(=O)N(CC(=O)NCCCCC(C(N)=O)C1SS1)CC(=O)NCCCCC(C(N)=O)C1SS1. The fourth-order valence-corrected chi connectivity index (χ4v) is 7.41. The second-order valence-electron chi connectivity index (χ2n) is 8.93. The standard InChI is InChI=1S/C22H38N6O5S4/c1-25-11-8-18(31)28(12-16(29)26-9-4-2-6-14(19(23)32)21-34-35-21)13-17(30)27-10-5-3-7-15(20(24)33)22-36-37-22/h14-15,21-22,25H,2-13H2,1H3,(H2,23,32)(H2,24,33)(H,26,29)(H,27,30). The maximum Gasteiger partial charge on any atom is 0.239 e. The Balaban J connectivity index is 1.67. The van der Waals surface area contributed by atoms with Gasteiger partial charge in [-0.1, -0.05) is 56.0 Å². The zero-order valence-electron chi connectivity index (χ0n) is 21.1. The molecule has 2 unspecified atom stereocenters. The van der Waals surface area contributed by atoms with Crippen molar-refractivity contribution >= 4 is 72.7 Å². The number of nitrogens with one attached hydrogen (secondary N) is 3. The molecule has 7 N–H and O–H groups in total. The van der Waals surface area contributed by atoms with E-state index in [1.807, 2.05) is 0 Å². The second-order valence-corrected chi connectivity index (χ2v) is 14.6. The molecule has 2 rings (SSSR count). The van der Waals surface area contributed by atoms with Gasteiger partial charge in [0.1, 0.15) is 13.1 Å². The maximum atomic E-state index is 12.6. The summed E-state index contributed by atoms with van der Waals surface area (Å²) in [5.74, 6) is -1.82. The zero-order chi connectivity index (χ0) is 27.2. The van der Waals surface area contributed by atoms with E-state index in [1.54, 1.807) is 50.2 Å². The Morgan fingerprint density at radius 3 is 1.51 bits per heavy atom. The number of carbonyl (C=O) groups excluding carboxylic acids is 5. The Labute approximate surface area is 234 Å². The van der Waals surface area contributed by atoms with Gasteiger partial charge in [0.05, 0.1) is 21.0 Å². The van der Waals surface area contributed by atoms with Gasteiger partial charge in [-0.3, -0.25) is 24.0 Å². The Hall–Kier alpha value is -1.29. The summed E-state index contributed by atoms with van der Waals surface area (Å²) in [6.07, 6.45) is 4.46. The lowest BCUT2D eigenvalue weighted by atomic mass is 10.0. The molecule has 2 fully saturated rings. The molecular weight excluding hydrogens is 557 g/mol. The summed E-state index contributed by atoms with van der Waals surface area (Å²) < 4.78 is 0.506. The number of amides is 5. The Bertz CT molecular complexity index is 746. The average molecular weight is 595 g/mol. The van der Waals surface area contributed by atoms with Crippen LogP contribution in [0.2, 0.25) is 0 Å². The molecule has 15 heteroatoms. The molecule has 2 aliphatic rings. The number of hydrogen-bond donors (Lipinski definition) is 5. The average Bonchev–Trinajstić information content (AvgIpc) is 3.75. The third-order valence-electron chi connectivity index (χ3n) is 5.94. The van der Waals surface area contributed by atoms with Gasteiger partial charge < -0.3 is 32.3 Å². The quantitative estimate of drug-likeness (QED) is 0.0720. The van der Waals surface area contributed by atoms with Crippen LogP contribution in [-0.4, -0.2) is 83.4 Å². The fraction of sp³-hybridized carbons (Fsp3) is 0.773. The van der Waals surface area contributed by atoms with Crippen molar-refractivity contribution < 1.29 is 24.0 Å². The molecule has 2 atom stereocenters. The number of primary amides is 2. The summed E-state index contributed by atoms with van der Waals surface area (Å²) >= 11 is 0. The van der Waals surface area contributed by atoms with Crippen LogP contribution in [0.4, 0.5) is 0 Å². The third kappa shape index (κ3) is 13.4. The lowest BCUT2D eigenvalue weighted by molar-refractivity contribution is -0.139. The van der Waals surface area contributed by atoms with Crippen molar-refractivity contribution in [1.82, 2.24) is 20.9 Å². The highest BCUT2D eigenvalue weighted by molar-refractivity contribution is 8.93. The zero-order valence-corrected chi connectivity index (χ0v) is 24.3. The minimum absolute atomic E-state index is 0.148. The predicted molar refractivity (Wildman–Crippen MR) is 152 cm³/mol. The van der Waals surface area contributed by atoms with Gasteiger partial charge in [0.25, 0.3) is 0 Å². The third-order valence-corrected chi connectivity index (χ3v) is 10.6. The fourth-order valence-electron chi connectivity index (χ4n) is 3.67. The van der Waals surface area contributed by atoms with Crippen LogP contribution in [0, 0.1) is 11.8 Å². The van der Waals surface area contributed by atoms with Crippen molar-refractivity contribution in [3.63, 3.8) is 0 Å². The molecule has 210 valence electrons. The largest absolute Gasteiger partial charge is 0.369 e. The number of carbonyl (C=O) groups is 5. The summed E-state index contributed by atoms with van der Waals surface area (Å²) in [7, 11) is 8.36. The van der Waals surface area contributed by atoms with Crippen LogP contribution in [0.5, 0.6) is 0 Å². The van der Waals surface area contributed by atoms with Crippen LogP contribution in [0.25, 0.3) is 0 Å². The van der Waals surface area contributed by atoms with Gasteiger partial charge in [0, 0.05) is 26.1 Å². The molecule has 0 spiro atoms. The van der Waals surface area contributed by atoms with Gasteiger partial charge in [-0.2, -0.15) is 0 Å². The van der Waals surface area contributed by atoms with Crippen LogP contribution in [-0.2, 0) is 24.0 Å². The molecule has 0 aliphatic carbocycles. The molecule has 37 heavy (non-hydrogen) atoms. The van der Waals surface area contributed by atoms with E-state index in [1.165, 1.54) is 4.90 Å². The van der Waals surface area contributed by atoms with Gasteiger partial charge in [0.15, 0.2) is 0 Å². The molecule has 2 heterocycles. The first-order chi connectivity index (χ1) is 17.7. The monoisotopic (exact) mass is 594 g/mol. The van der Waals surface area contributed by atoms with E-state index in [9.17, 15) is 24.0 Å². The van der Waals surface area contributed by atoms with Crippen LogP contribution in [0.3, 0.4) is 0 Å². The Morgan fingerprint density at radius 1 is 0.730 bits per heavy atom. The molecule has 0 aromatic carbocycles. The van der Waals surface area contributed by atoms with Crippen LogP contribution in [0.1, 0.15) is 44.9 Å². The first-order valence-electron chi connectivity index (χ1n) is 12.4. The highest BCUT2D eigenvalue weighted by Crippen LogP contribution is 2.58. The van der Waals surface area contributed by atoms with Crippen LogP contribution in [0.15, 0.2) is 0 Å². The van der Waals surface area contributed by atoms with Crippen molar-refractivity contribution in [2.75, 3.05) is 39.8 Å². The highest BCUT2D eigenvalue weighted by atomic mass is 33.2. The van der Waals surface area contributed by atoms with E-state index in [0.29, 0.717) is 45.3 Å². The summed E-state index contributed by atoms with van der Waals surface area (Å²) in [4.78, 5) is 61.7. The van der Waals surface area contributed by atoms with Gasteiger partial charge in [-0.05, 0) is 32.7 Å². The van der Waals surface area contributed by atoms with Gasteiger partial charge in [-0.25, -0.2) is 0 Å². The van der Waals surface area contributed by atoms with Crippen molar-refractivity contribution in [3.05, 3.63) is 0 Å². The minimum Gasteiger partial charge on any atom is -0.369 e. The lowest BCUT2D eigenvalue weighted by Crippen LogP contribution is -2.46. The lowest BCUT2D eigenvalue weighted by Gasteiger charge is -2.22. The molecule has 0 bridgehead atoms. The molecular formula is C22H38N6O5S4. The van der Waals surface area contributed by atoms with E-state index in [2.05, 4.69) is 16.0 Å². The molecule has 0 aromatic rings. The minimum atomic E-state index is -0.335. The van der Waals surface area contributed by atoms with Crippen molar-refractivity contribution in [2.45, 2.75) is 54.1 Å². The van der Waals surface area contributed by atoms with E-state index in [-0.39, 0.29) is 70.0 Å². The van der Waals surface area contributed by atoms with E-state index < -0.39 is 0 Å². The Morgan fingerprint density at radius 2 is 1.16 bits per heavy atom. The predicted octanol–water partition coefficient (Wildman–Crippen LogP) is 0.643. The van der Waals surface area contributed by atoms with E-state index in [0.717, 1.165) is 12.8 Å². The topological polar surface area (TPSA) is 177 Å². The highest BCUT2D eigenvalue weighted by Gasteiger charge is 2.37. The van der Waals surface area contributed by atoms with Crippen molar-refractivity contribution in [1.29, 1.82) is 0 Å². The second kappa shape index (κ2) is 17.3. The summed E-state index contributed by atoms with van der Waals surface area (Å²) in [6.45, 7) is 0.878. The van der Waals surface area contributed by atoms with E-state index in [4.69, 9.17) is 11.5 Å².